The lowest BCUT2D eigenvalue weighted by atomic mass is 10.1. The molecule has 0 fully saturated rings. The predicted molar refractivity (Wildman–Crippen MR) is 108 cm³/mol. The first kappa shape index (κ1) is 19.3. The average Bonchev–Trinajstić information content (AvgIpc) is 3.32. The van der Waals surface area contributed by atoms with Gasteiger partial charge in [-0.05, 0) is 45.8 Å². The number of aromatic nitrogens is 4. The van der Waals surface area contributed by atoms with Gasteiger partial charge in [0.05, 0.1) is 13.7 Å². The Morgan fingerprint density at radius 1 is 1.28 bits per heavy atom. The Kier molecular flexibility index (Phi) is 5.45. The summed E-state index contributed by atoms with van der Waals surface area (Å²) in [6.45, 7) is 0.448. The van der Waals surface area contributed by atoms with E-state index in [1.54, 1.807) is 23.9 Å². The topological polar surface area (TPSA) is 90.1 Å². The van der Waals surface area contributed by atoms with Crippen LogP contribution >= 0.6 is 23.1 Å². The number of rotatable bonds is 7. The molecule has 0 unspecified atom stereocenters. The lowest BCUT2D eigenvalue weighted by molar-refractivity contribution is 0.0701. The smallest absolute Gasteiger partial charge is 0.346 e. The van der Waals surface area contributed by atoms with Crippen LogP contribution in [-0.2, 0) is 12.3 Å². The number of halogens is 1. The number of thiophene rings is 1. The lowest BCUT2D eigenvalue weighted by Crippen LogP contribution is -2.04. The third kappa shape index (κ3) is 3.94. The minimum Gasteiger partial charge on any atom is -0.497 e. The molecule has 0 aliphatic heterocycles. The Morgan fingerprint density at radius 2 is 2.07 bits per heavy atom. The number of thioether (sulfide) groups is 1. The second kappa shape index (κ2) is 8.18. The number of carboxylic acid groups (broad SMARTS) is 1. The third-order valence-corrected chi connectivity index (χ3v) is 6.46. The first-order chi connectivity index (χ1) is 14.1. The van der Waals surface area contributed by atoms with Crippen LogP contribution < -0.4 is 4.74 Å². The van der Waals surface area contributed by atoms with Crippen molar-refractivity contribution in [2.75, 3.05) is 7.11 Å². The Balaban J connectivity index is 1.58. The molecule has 29 heavy (non-hydrogen) atoms. The summed E-state index contributed by atoms with van der Waals surface area (Å²) >= 11 is 2.34. The number of fused-ring (bicyclic) bond motifs is 1. The third-order valence-electron chi connectivity index (χ3n) is 4.29. The van der Waals surface area contributed by atoms with Gasteiger partial charge in [0.1, 0.15) is 16.4 Å². The first-order valence-corrected chi connectivity index (χ1v) is 10.3. The molecule has 2 heterocycles. The molecule has 0 aliphatic rings. The van der Waals surface area contributed by atoms with Gasteiger partial charge in [0.25, 0.3) is 0 Å². The van der Waals surface area contributed by atoms with Crippen LogP contribution in [0.25, 0.3) is 10.1 Å². The van der Waals surface area contributed by atoms with Crippen molar-refractivity contribution >= 4 is 39.2 Å². The highest BCUT2D eigenvalue weighted by molar-refractivity contribution is 7.98. The van der Waals surface area contributed by atoms with Crippen molar-refractivity contribution in [3.05, 3.63) is 64.3 Å². The van der Waals surface area contributed by atoms with Gasteiger partial charge in [-0.25, -0.2) is 13.9 Å². The van der Waals surface area contributed by atoms with Crippen LogP contribution in [0.5, 0.6) is 5.75 Å². The van der Waals surface area contributed by atoms with Crippen molar-refractivity contribution in [1.29, 1.82) is 0 Å². The second-order valence-electron chi connectivity index (χ2n) is 6.08. The van der Waals surface area contributed by atoms with E-state index in [-0.39, 0.29) is 10.6 Å². The van der Waals surface area contributed by atoms with Crippen molar-refractivity contribution < 1.29 is 19.0 Å². The van der Waals surface area contributed by atoms with Gasteiger partial charge in [-0.1, -0.05) is 30.0 Å². The zero-order valence-corrected chi connectivity index (χ0v) is 16.8. The fourth-order valence-corrected chi connectivity index (χ4v) is 4.99. The van der Waals surface area contributed by atoms with Gasteiger partial charge < -0.3 is 9.84 Å². The van der Waals surface area contributed by atoms with Crippen molar-refractivity contribution in [3.8, 4) is 5.75 Å². The van der Waals surface area contributed by atoms with E-state index in [0.717, 1.165) is 22.6 Å². The number of nitrogens with zero attached hydrogens (tertiary/aromatic N) is 4. The first-order valence-electron chi connectivity index (χ1n) is 8.52. The van der Waals surface area contributed by atoms with Crippen LogP contribution in [0, 0.1) is 5.82 Å². The molecule has 7 nitrogen and oxygen atoms in total. The fraction of sp³-hybridized carbons (Fsp3) is 0.158. The zero-order chi connectivity index (χ0) is 20.4. The van der Waals surface area contributed by atoms with Gasteiger partial charge in [0, 0.05) is 15.8 Å². The maximum absolute atomic E-state index is 14.4. The molecule has 0 saturated carbocycles. The molecule has 148 valence electrons. The monoisotopic (exact) mass is 430 g/mol. The highest BCUT2D eigenvalue weighted by Gasteiger charge is 2.21. The molecular formula is C19H15FN4O3S2. The highest BCUT2D eigenvalue weighted by Crippen LogP contribution is 2.36. The largest absolute Gasteiger partial charge is 0.497 e. The van der Waals surface area contributed by atoms with Gasteiger partial charge in [0.2, 0.25) is 5.16 Å². The molecule has 2 aromatic carbocycles. The maximum Gasteiger partial charge on any atom is 0.346 e. The molecule has 0 radical (unpaired) electrons. The Labute approximate surface area is 173 Å². The molecule has 0 bridgehead atoms. The molecule has 0 saturated heterocycles. The molecule has 2 aromatic heterocycles. The van der Waals surface area contributed by atoms with E-state index >= 15 is 0 Å². The molecule has 0 aliphatic carbocycles. The fourth-order valence-electron chi connectivity index (χ4n) is 2.92. The molecular weight excluding hydrogens is 415 g/mol. The van der Waals surface area contributed by atoms with Gasteiger partial charge in [0.15, 0.2) is 0 Å². The predicted octanol–water partition coefficient (Wildman–Crippen LogP) is 4.07. The van der Waals surface area contributed by atoms with E-state index in [2.05, 4.69) is 15.5 Å². The summed E-state index contributed by atoms with van der Waals surface area (Å²) in [6.07, 6.45) is 0. The van der Waals surface area contributed by atoms with Crippen molar-refractivity contribution in [1.82, 2.24) is 20.2 Å². The number of hydrogen-bond donors (Lipinski definition) is 1. The van der Waals surface area contributed by atoms with Crippen LogP contribution in [0.3, 0.4) is 0 Å². The van der Waals surface area contributed by atoms with Crippen molar-refractivity contribution in [3.63, 3.8) is 0 Å². The Morgan fingerprint density at radius 3 is 2.79 bits per heavy atom. The van der Waals surface area contributed by atoms with Gasteiger partial charge in [-0.3, -0.25) is 0 Å². The summed E-state index contributed by atoms with van der Waals surface area (Å²) in [5.41, 5.74) is 1.43. The van der Waals surface area contributed by atoms with E-state index in [1.807, 2.05) is 24.3 Å². The summed E-state index contributed by atoms with van der Waals surface area (Å²) in [4.78, 5) is 11.8. The van der Waals surface area contributed by atoms with Crippen LogP contribution in [0.15, 0.2) is 47.6 Å². The van der Waals surface area contributed by atoms with E-state index in [9.17, 15) is 14.3 Å². The summed E-state index contributed by atoms with van der Waals surface area (Å²) in [5, 5.41) is 22.1. The lowest BCUT2D eigenvalue weighted by Gasteiger charge is -2.06. The number of aromatic carboxylic acids is 1. The van der Waals surface area contributed by atoms with Crippen molar-refractivity contribution in [2.24, 2.45) is 0 Å². The number of carbonyl (C=O) groups is 1. The molecule has 4 aromatic rings. The molecule has 0 atom stereocenters. The molecule has 1 N–H and O–H groups in total. The molecule has 0 amide bonds. The Hall–Kier alpha value is -2.98. The number of tetrazole rings is 1. The Bertz CT molecular complexity index is 1170. The zero-order valence-electron chi connectivity index (χ0n) is 15.2. The number of hydrogen-bond acceptors (Lipinski definition) is 7. The number of carboxylic acids is 1. The average molecular weight is 430 g/mol. The second-order valence-corrected chi connectivity index (χ2v) is 8.08. The summed E-state index contributed by atoms with van der Waals surface area (Å²) in [7, 11) is 1.60. The van der Waals surface area contributed by atoms with E-state index < -0.39 is 11.8 Å². The van der Waals surface area contributed by atoms with Crippen LogP contribution in [0.2, 0.25) is 0 Å². The molecule has 10 heteroatoms. The van der Waals surface area contributed by atoms with Crippen molar-refractivity contribution in [2.45, 2.75) is 17.5 Å². The van der Waals surface area contributed by atoms with Gasteiger partial charge in [-0.2, -0.15) is 0 Å². The molecule has 4 rings (SSSR count). The number of benzene rings is 2. The SMILES string of the molecule is COc1ccc(Cn2nnnc2SCc2c(C(=O)O)sc3cccc(F)c23)cc1. The summed E-state index contributed by atoms with van der Waals surface area (Å²) in [6, 6.07) is 12.2. The van der Waals surface area contributed by atoms with Gasteiger partial charge in [-0.15, -0.1) is 16.4 Å². The summed E-state index contributed by atoms with van der Waals surface area (Å²) < 4.78 is 21.8. The van der Waals surface area contributed by atoms with Crippen LogP contribution in [0.4, 0.5) is 4.39 Å². The van der Waals surface area contributed by atoms with E-state index in [0.29, 0.717) is 27.4 Å². The number of methoxy groups -OCH3 is 1. The number of ether oxygens (including phenoxy) is 1. The molecule has 0 spiro atoms. The normalized spacial score (nSPS) is 11.1. The standard InChI is InChI=1S/C19H15FN4O3S2/c1-27-12-7-5-11(6-8-12)9-24-19(21-22-23-24)28-10-13-16-14(20)3-2-4-15(16)29-17(13)18(25)26/h2-8H,9-10H2,1H3,(H,25,26). The quantitative estimate of drug-likeness (QED) is 0.442. The van der Waals surface area contributed by atoms with Crippen LogP contribution in [-0.4, -0.2) is 38.4 Å². The van der Waals surface area contributed by atoms with Gasteiger partial charge >= 0.3 is 5.97 Å². The van der Waals surface area contributed by atoms with Crippen LogP contribution in [0.1, 0.15) is 20.8 Å². The maximum atomic E-state index is 14.4. The summed E-state index contributed by atoms with van der Waals surface area (Å²) in [5.74, 6) is -0.503. The van der Waals surface area contributed by atoms with E-state index in [1.165, 1.54) is 17.8 Å². The minimum atomic E-state index is -1.07. The minimum absolute atomic E-state index is 0.131. The van der Waals surface area contributed by atoms with E-state index in [4.69, 9.17) is 4.74 Å². The highest BCUT2D eigenvalue weighted by atomic mass is 32.2.